The summed E-state index contributed by atoms with van der Waals surface area (Å²) in [6.45, 7) is 0.319. The van der Waals surface area contributed by atoms with Gasteiger partial charge in [0, 0.05) is 31.5 Å². The van der Waals surface area contributed by atoms with E-state index in [1.165, 1.54) is 17.4 Å². The minimum Gasteiger partial charge on any atom is -0.508 e. The number of hydrogen-bond acceptors (Lipinski definition) is 7. The fourth-order valence-electron chi connectivity index (χ4n) is 6.82. The zero-order chi connectivity index (χ0) is 34.8. The third kappa shape index (κ3) is 6.68. The van der Waals surface area contributed by atoms with Crippen LogP contribution in [0.25, 0.3) is 10.2 Å². The van der Waals surface area contributed by atoms with Crippen LogP contribution in [0, 0.1) is 18.2 Å². The lowest BCUT2D eigenvalue weighted by Crippen LogP contribution is -2.75. The molecule has 5 aromatic rings. The van der Waals surface area contributed by atoms with Crippen LogP contribution in [0.5, 0.6) is 5.75 Å². The maximum absolute atomic E-state index is 14.6. The molecule has 2 saturated heterocycles. The van der Waals surface area contributed by atoms with Crippen molar-refractivity contribution in [3.63, 3.8) is 0 Å². The number of phenols is 1. The minimum absolute atomic E-state index is 0.0449. The number of hydrogen-bond donors (Lipinski definition) is 1. The highest BCUT2D eigenvalue weighted by molar-refractivity contribution is 7.16. The van der Waals surface area contributed by atoms with Crippen LogP contribution in [0.15, 0.2) is 96.5 Å². The normalized spacial score (nSPS) is 18.0. The van der Waals surface area contributed by atoms with Crippen molar-refractivity contribution in [3.05, 3.63) is 130 Å². The Labute approximate surface area is 293 Å². The highest BCUT2D eigenvalue weighted by Gasteiger charge is 2.51. The first kappa shape index (κ1) is 33.0. The van der Waals surface area contributed by atoms with Crippen molar-refractivity contribution in [2.75, 3.05) is 13.1 Å². The number of carbonyl (C=O) groups excluding carboxylic acids is 3. The fourth-order valence-corrected chi connectivity index (χ4v) is 7.56. The molecule has 3 amide bonds. The van der Waals surface area contributed by atoms with Crippen LogP contribution in [-0.2, 0) is 40.3 Å². The number of phenolic OH excluding ortho intramolecular Hbond substituents is 1. The van der Waals surface area contributed by atoms with Crippen LogP contribution in [0.4, 0.5) is 4.39 Å². The number of thiazole rings is 1. The Bertz CT molecular complexity index is 2080. The van der Waals surface area contributed by atoms with Crippen molar-refractivity contribution in [3.8, 4) is 18.1 Å². The molecule has 7 rings (SSSR count). The molecule has 11 heteroatoms. The molecule has 0 radical (unpaired) electrons. The van der Waals surface area contributed by atoms with Crippen LogP contribution in [0.2, 0.25) is 0 Å². The Kier molecular flexibility index (Phi) is 9.30. The molecule has 9 nitrogen and oxygen atoms in total. The molecule has 3 heterocycles. The molecule has 2 aliphatic heterocycles. The van der Waals surface area contributed by atoms with Crippen molar-refractivity contribution in [2.45, 2.75) is 44.6 Å². The number of hydrazine groups is 1. The molecule has 2 atom stereocenters. The molecule has 252 valence electrons. The van der Waals surface area contributed by atoms with Gasteiger partial charge < -0.3 is 14.9 Å². The van der Waals surface area contributed by atoms with Gasteiger partial charge in [0.25, 0.3) is 0 Å². The van der Waals surface area contributed by atoms with E-state index in [4.69, 9.17) is 6.42 Å². The highest BCUT2D eigenvalue weighted by Crippen LogP contribution is 2.32. The first-order chi connectivity index (χ1) is 24.3. The van der Waals surface area contributed by atoms with Crippen LogP contribution < -0.4 is 0 Å². The maximum Gasteiger partial charge on any atom is 0.246 e. The molecule has 50 heavy (non-hydrogen) atoms. The van der Waals surface area contributed by atoms with E-state index in [0.29, 0.717) is 22.2 Å². The molecule has 2 fully saturated rings. The number of rotatable bonds is 9. The van der Waals surface area contributed by atoms with Gasteiger partial charge in [-0.2, -0.15) is 0 Å². The van der Waals surface area contributed by atoms with Gasteiger partial charge in [-0.3, -0.25) is 14.4 Å². The topological polar surface area (TPSA) is 97.3 Å². The Balaban J connectivity index is 1.27. The smallest absolute Gasteiger partial charge is 0.246 e. The van der Waals surface area contributed by atoms with E-state index in [1.54, 1.807) is 55.7 Å². The number of benzene rings is 4. The lowest BCUT2D eigenvalue weighted by molar-refractivity contribution is -0.208. The largest absolute Gasteiger partial charge is 0.508 e. The third-order valence-corrected chi connectivity index (χ3v) is 10.1. The average molecular weight is 688 g/mol. The number of piperazine rings is 1. The van der Waals surface area contributed by atoms with Crippen LogP contribution in [0.1, 0.15) is 34.2 Å². The standard InChI is InChI=1S/C39H34FN5O4S/c1-2-26-8-10-29(11-9-26)21-43-24-36(48)44-33(20-28-12-16-31(46)17-13-28)39(49)42(22-30-15-18-32(40)38-37(30)41-25-50-38)23-34(44)45(43)35(47)19-14-27-6-4-3-5-7-27/h1,3-13,15-18,25,33-34,46H,14,19-24H2/t33-,34-/m0/s1. The second-order valence-electron chi connectivity index (χ2n) is 12.5. The van der Waals surface area contributed by atoms with E-state index in [9.17, 15) is 23.9 Å². The Morgan fingerprint density at radius 1 is 0.940 bits per heavy atom. The summed E-state index contributed by atoms with van der Waals surface area (Å²) in [4.78, 5) is 50.6. The predicted octanol–water partition coefficient (Wildman–Crippen LogP) is 5.12. The zero-order valence-electron chi connectivity index (χ0n) is 27.1. The monoisotopic (exact) mass is 687 g/mol. The SMILES string of the molecule is C#Cc1ccc(CN2CC(=O)N3[C@@H](Cc4ccc(O)cc4)C(=O)N(Cc4ccc(F)c5scnc45)C[C@@H]3N2C(=O)CCc2ccccc2)cc1. The first-order valence-corrected chi connectivity index (χ1v) is 17.2. The third-order valence-electron chi connectivity index (χ3n) is 9.29. The molecule has 0 bridgehead atoms. The van der Waals surface area contributed by atoms with Gasteiger partial charge in [-0.15, -0.1) is 17.8 Å². The van der Waals surface area contributed by atoms with E-state index in [-0.39, 0.29) is 68.3 Å². The van der Waals surface area contributed by atoms with Crippen molar-refractivity contribution < 1.29 is 23.9 Å². The van der Waals surface area contributed by atoms with E-state index < -0.39 is 12.2 Å². The number of aryl methyl sites for hydroxylation is 1. The zero-order valence-corrected chi connectivity index (χ0v) is 27.9. The summed E-state index contributed by atoms with van der Waals surface area (Å²) in [6, 6.07) is 25.8. The second kappa shape index (κ2) is 14.1. The van der Waals surface area contributed by atoms with Gasteiger partial charge in [0.1, 0.15) is 23.8 Å². The molecule has 0 unspecified atom stereocenters. The Morgan fingerprint density at radius 3 is 2.42 bits per heavy atom. The van der Waals surface area contributed by atoms with Gasteiger partial charge in [0.15, 0.2) is 0 Å². The Hall–Kier alpha value is -5.57. The van der Waals surface area contributed by atoms with Gasteiger partial charge in [-0.05, 0) is 59.0 Å². The maximum atomic E-state index is 14.6. The first-order valence-electron chi connectivity index (χ1n) is 16.3. The summed E-state index contributed by atoms with van der Waals surface area (Å²) in [6.07, 6.45) is 5.62. The molecule has 2 aliphatic rings. The van der Waals surface area contributed by atoms with Crippen molar-refractivity contribution in [2.24, 2.45) is 0 Å². The highest BCUT2D eigenvalue weighted by atomic mass is 32.1. The molecule has 1 aromatic heterocycles. The number of terminal acetylenes is 1. The number of fused-ring (bicyclic) bond motifs is 2. The molecule has 0 saturated carbocycles. The summed E-state index contributed by atoms with van der Waals surface area (Å²) >= 11 is 1.19. The lowest BCUT2D eigenvalue weighted by Gasteiger charge is -2.55. The average Bonchev–Trinajstić information content (AvgIpc) is 3.63. The molecule has 0 spiro atoms. The van der Waals surface area contributed by atoms with Crippen molar-refractivity contribution in [1.29, 1.82) is 0 Å². The van der Waals surface area contributed by atoms with E-state index >= 15 is 0 Å². The van der Waals surface area contributed by atoms with E-state index in [1.807, 2.05) is 54.6 Å². The molecular weight excluding hydrogens is 654 g/mol. The van der Waals surface area contributed by atoms with Gasteiger partial charge >= 0.3 is 0 Å². The number of aromatic nitrogens is 1. The number of halogens is 1. The van der Waals surface area contributed by atoms with E-state index in [0.717, 1.165) is 22.3 Å². The minimum atomic E-state index is -0.932. The van der Waals surface area contributed by atoms with E-state index in [2.05, 4.69) is 10.9 Å². The van der Waals surface area contributed by atoms with Gasteiger partial charge in [-0.1, -0.05) is 66.6 Å². The van der Waals surface area contributed by atoms with Crippen molar-refractivity contribution >= 4 is 39.3 Å². The van der Waals surface area contributed by atoms with Crippen LogP contribution in [-0.4, -0.2) is 72.9 Å². The second-order valence-corrected chi connectivity index (χ2v) is 13.4. The molecule has 1 N–H and O–H groups in total. The van der Waals surface area contributed by atoms with Crippen LogP contribution in [0.3, 0.4) is 0 Å². The van der Waals surface area contributed by atoms with Gasteiger partial charge in [0.05, 0.1) is 28.8 Å². The fraction of sp³-hybridized carbons (Fsp3) is 0.231. The molecule has 4 aromatic carbocycles. The number of nitrogens with zero attached hydrogens (tertiary/aromatic N) is 5. The predicted molar refractivity (Wildman–Crippen MR) is 188 cm³/mol. The number of amides is 3. The number of carbonyl (C=O) groups is 3. The van der Waals surface area contributed by atoms with Crippen LogP contribution >= 0.6 is 11.3 Å². The summed E-state index contributed by atoms with van der Waals surface area (Å²) in [5.41, 5.74) is 6.07. The molecular formula is C39H34FN5O4S. The van der Waals surface area contributed by atoms with Gasteiger partial charge in [0.2, 0.25) is 17.7 Å². The molecule has 0 aliphatic carbocycles. The number of aromatic hydroxyl groups is 1. The summed E-state index contributed by atoms with van der Waals surface area (Å²) in [5.74, 6) is 1.57. The lowest BCUT2D eigenvalue weighted by atomic mass is 9.97. The quantitative estimate of drug-likeness (QED) is 0.216. The summed E-state index contributed by atoms with van der Waals surface area (Å²) < 4.78 is 15.0. The Morgan fingerprint density at radius 2 is 1.68 bits per heavy atom. The van der Waals surface area contributed by atoms with Crippen molar-refractivity contribution in [1.82, 2.24) is 24.8 Å². The van der Waals surface area contributed by atoms with Gasteiger partial charge in [-0.25, -0.2) is 19.4 Å². The summed E-state index contributed by atoms with van der Waals surface area (Å²) in [7, 11) is 0. The summed E-state index contributed by atoms with van der Waals surface area (Å²) in [5, 5.41) is 13.3.